The highest BCUT2D eigenvalue weighted by Gasteiger charge is 2.30. The maximum Gasteiger partial charge on any atom is 0.276 e. The van der Waals surface area contributed by atoms with Crippen LogP contribution in [0, 0.1) is 5.92 Å². The van der Waals surface area contributed by atoms with Crippen molar-refractivity contribution in [3.63, 3.8) is 0 Å². The van der Waals surface area contributed by atoms with E-state index in [2.05, 4.69) is 20.7 Å². The van der Waals surface area contributed by atoms with E-state index in [-0.39, 0.29) is 5.91 Å². The van der Waals surface area contributed by atoms with Gasteiger partial charge in [-0.1, -0.05) is 0 Å². The van der Waals surface area contributed by atoms with Crippen LogP contribution < -0.4 is 5.32 Å². The Hall–Kier alpha value is -1.43. The third kappa shape index (κ3) is 2.69. The fourth-order valence-corrected chi connectivity index (χ4v) is 2.50. The Morgan fingerprint density at radius 3 is 2.89 bits per heavy atom. The van der Waals surface area contributed by atoms with Gasteiger partial charge < -0.3 is 10.2 Å². The van der Waals surface area contributed by atoms with Crippen LogP contribution in [0.4, 0.5) is 0 Å². The van der Waals surface area contributed by atoms with Crippen molar-refractivity contribution in [1.82, 2.24) is 25.6 Å². The second-order valence-electron chi connectivity index (χ2n) is 5.30. The van der Waals surface area contributed by atoms with E-state index in [1.54, 1.807) is 0 Å². The first-order chi connectivity index (χ1) is 8.83. The summed E-state index contributed by atoms with van der Waals surface area (Å²) in [6.45, 7) is 2.73. The van der Waals surface area contributed by atoms with Gasteiger partial charge in [0.05, 0.1) is 6.20 Å². The molecule has 1 aromatic heterocycles. The lowest BCUT2D eigenvalue weighted by molar-refractivity contribution is 0.0727. The number of carbonyl (C=O) groups excluding carboxylic acids is 1. The number of hydrogen-bond donors (Lipinski definition) is 2. The molecule has 0 radical (unpaired) electrons. The van der Waals surface area contributed by atoms with Crippen molar-refractivity contribution < 1.29 is 4.79 Å². The number of H-pyrrole nitrogens is 1. The summed E-state index contributed by atoms with van der Waals surface area (Å²) in [6.07, 6.45) is 6.37. The first kappa shape index (κ1) is 11.6. The average Bonchev–Trinajstić information content (AvgIpc) is 2.88. The summed E-state index contributed by atoms with van der Waals surface area (Å²) < 4.78 is 0. The maximum absolute atomic E-state index is 12.3. The van der Waals surface area contributed by atoms with Gasteiger partial charge in [0.1, 0.15) is 0 Å². The molecule has 3 rings (SSSR count). The number of amides is 1. The number of aromatic amines is 1. The number of hydrogen-bond acceptors (Lipinski definition) is 4. The summed E-state index contributed by atoms with van der Waals surface area (Å²) in [5.41, 5.74) is 0.425. The Kier molecular flexibility index (Phi) is 3.27. The molecule has 6 nitrogen and oxygen atoms in total. The van der Waals surface area contributed by atoms with Gasteiger partial charge in [0.25, 0.3) is 5.91 Å². The normalized spacial score (nSPS) is 23.2. The number of nitrogens with zero attached hydrogens (tertiary/aromatic N) is 3. The number of nitrogens with one attached hydrogen (secondary N) is 2. The Balaban J connectivity index is 1.65. The highest BCUT2D eigenvalue weighted by atomic mass is 16.2. The SMILES string of the molecule is O=C(c1cn[nH]n1)N(CC1CC1)CC1CCCN1. The van der Waals surface area contributed by atoms with Gasteiger partial charge in [-0.25, -0.2) is 0 Å². The van der Waals surface area contributed by atoms with Gasteiger partial charge in [-0.3, -0.25) is 4.79 Å². The Morgan fingerprint density at radius 2 is 2.28 bits per heavy atom. The third-order valence-corrected chi connectivity index (χ3v) is 3.70. The highest BCUT2D eigenvalue weighted by molar-refractivity contribution is 5.91. The van der Waals surface area contributed by atoms with Gasteiger partial charge in [0.15, 0.2) is 5.69 Å². The molecule has 1 aliphatic heterocycles. The minimum atomic E-state index is 0.00403. The zero-order chi connectivity index (χ0) is 12.4. The predicted molar refractivity (Wildman–Crippen MR) is 66.0 cm³/mol. The van der Waals surface area contributed by atoms with E-state index in [0.717, 1.165) is 26.1 Å². The van der Waals surface area contributed by atoms with Crippen LogP contribution in [0.5, 0.6) is 0 Å². The maximum atomic E-state index is 12.3. The van der Waals surface area contributed by atoms with E-state index in [1.807, 2.05) is 4.90 Å². The monoisotopic (exact) mass is 249 g/mol. The molecule has 0 spiro atoms. The van der Waals surface area contributed by atoms with Crippen LogP contribution in [0.3, 0.4) is 0 Å². The summed E-state index contributed by atoms with van der Waals surface area (Å²) >= 11 is 0. The summed E-state index contributed by atoms with van der Waals surface area (Å²) in [5, 5.41) is 13.6. The number of aromatic nitrogens is 3. The second-order valence-corrected chi connectivity index (χ2v) is 5.30. The van der Waals surface area contributed by atoms with E-state index in [4.69, 9.17) is 0 Å². The second kappa shape index (κ2) is 5.06. The van der Waals surface area contributed by atoms with Crippen LogP contribution >= 0.6 is 0 Å². The lowest BCUT2D eigenvalue weighted by Gasteiger charge is -2.25. The largest absolute Gasteiger partial charge is 0.335 e. The lowest BCUT2D eigenvalue weighted by Crippen LogP contribution is -2.42. The van der Waals surface area contributed by atoms with E-state index in [1.165, 1.54) is 25.5 Å². The molecular weight excluding hydrogens is 230 g/mol. The molecule has 1 saturated carbocycles. The van der Waals surface area contributed by atoms with Crippen molar-refractivity contribution >= 4 is 5.91 Å². The molecule has 1 aliphatic carbocycles. The molecule has 6 heteroatoms. The molecule has 2 aliphatic rings. The molecule has 1 aromatic rings. The topological polar surface area (TPSA) is 73.9 Å². The van der Waals surface area contributed by atoms with Crippen molar-refractivity contribution in [2.45, 2.75) is 31.7 Å². The first-order valence-corrected chi connectivity index (χ1v) is 6.71. The zero-order valence-electron chi connectivity index (χ0n) is 10.4. The van der Waals surface area contributed by atoms with E-state index >= 15 is 0 Å². The Morgan fingerprint density at radius 1 is 1.39 bits per heavy atom. The molecule has 1 amide bonds. The molecule has 1 saturated heterocycles. The van der Waals surface area contributed by atoms with Crippen molar-refractivity contribution in [3.8, 4) is 0 Å². The van der Waals surface area contributed by atoms with Gasteiger partial charge in [-0.05, 0) is 38.1 Å². The molecule has 1 unspecified atom stereocenters. The summed E-state index contributed by atoms with van der Waals surface area (Å²) in [5.74, 6) is 0.701. The Labute approximate surface area is 106 Å². The van der Waals surface area contributed by atoms with Gasteiger partial charge in [-0.15, -0.1) is 0 Å². The fraction of sp³-hybridized carbons (Fsp3) is 0.750. The van der Waals surface area contributed by atoms with Gasteiger partial charge in [-0.2, -0.15) is 15.4 Å². The van der Waals surface area contributed by atoms with Crippen molar-refractivity contribution in [2.24, 2.45) is 5.92 Å². The summed E-state index contributed by atoms with van der Waals surface area (Å²) in [7, 11) is 0. The quantitative estimate of drug-likeness (QED) is 0.792. The van der Waals surface area contributed by atoms with Gasteiger partial charge in [0.2, 0.25) is 0 Å². The first-order valence-electron chi connectivity index (χ1n) is 6.71. The van der Waals surface area contributed by atoms with E-state index in [9.17, 15) is 4.79 Å². The summed E-state index contributed by atoms with van der Waals surface area (Å²) in [4.78, 5) is 14.3. The molecule has 2 fully saturated rings. The summed E-state index contributed by atoms with van der Waals surface area (Å²) in [6, 6.07) is 0.444. The van der Waals surface area contributed by atoms with E-state index < -0.39 is 0 Å². The average molecular weight is 249 g/mol. The standard InChI is InChI=1S/C12H19N5O/c18-12(11-6-14-16-15-11)17(7-9-3-4-9)8-10-2-1-5-13-10/h6,9-10,13H,1-5,7-8H2,(H,14,15,16). The highest BCUT2D eigenvalue weighted by Crippen LogP contribution is 2.30. The van der Waals surface area contributed by atoms with Gasteiger partial charge >= 0.3 is 0 Å². The molecule has 98 valence electrons. The smallest absolute Gasteiger partial charge is 0.276 e. The molecule has 2 N–H and O–H groups in total. The van der Waals surface area contributed by atoms with Crippen LogP contribution in [0.25, 0.3) is 0 Å². The van der Waals surface area contributed by atoms with Gasteiger partial charge in [0, 0.05) is 19.1 Å². The van der Waals surface area contributed by atoms with Crippen LogP contribution in [0.15, 0.2) is 6.20 Å². The molecule has 2 heterocycles. The third-order valence-electron chi connectivity index (χ3n) is 3.70. The number of rotatable bonds is 5. The van der Waals surface area contributed by atoms with E-state index in [0.29, 0.717) is 17.7 Å². The van der Waals surface area contributed by atoms with Crippen LogP contribution in [-0.4, -0.2) is 51.9 Å². The van der Waals surface area contributed by atoms with Crippen molar-refractivity contribution in [1.29, 1.82) is 0 Å². The molecule has 1 atom stereocenters. The lowest BCUT2D eigenvalue weighted by atomic mass is 10.2. The number of carbonyl (C=O) groups is 1. The van der Waals surface area contributed by atoms with Crippen molar-refractivity contribution in [3.05, 3.63) is 11.9 Å². The van der Waals surface area contributed by atoms with Crippen LogP contribution in [-0.2, 0) is 0 Å². The van der Waals surface area contributed by atoms with Crippen molar-refractivity contribution in [2.75, 3.05) is 19.6 Å². The molecule has 18 heavy (non-hydrogen) atoms. The predicted octanol–water partition coefficient (Wildman–Crippen LogP) is 0.409. The molecule has 0 bridgehead atoms. The zero-order valence-corrected chi connectivity index (χ0v) is 10.4. The molecular formula is C12H19N5O. The Bertz CT molecular complexity index is 395. The van der Waals surface area contributed by atoms with Crippen LogP contribution in [0.1, 0.15) is 36.2 Å². The van der Waals surface area contributed by atoms with Crippen LogP contribution in [0.2, 0.25) is 0 Å². The fourth-order valence-electron chi connectivity index (χ4n) is 2.50. The minimum absolute atomic E-state index is 0.00403. The molecule has 0 aromatic carbocycles. The minimum Gasteiger partial charge on any atom is -0.335 e.